The minimum atomic E-state index is -0.0900. The van der Waals surface area contributed by atoms with Gasteiger partial charge in [-0.25, -0.2) is 14.6 Å². The SMILES string of the molecule is Cc1ccccc1-n1[nH]c(-c2cnc(N3CCC(C)CC3)nc2C)cc1=O. The van der Waals surface area contributed by atoms with Gasteiger partial charge in [0.15, 0.2) is 0 Å². The second-order valence-electron chi connectivity index (χ2n) is 7.47. The third-order valence-corrected chi connectivity index (χ3v) is 5.40. The number of hydrogen-bond donors (Lipinski definition) is 1. The fourth-order valence-electron chi connectivity index (χ4n) is 3.61. The highest BCUT2D eigenvalue weighted by atomic mass is 16.1. The minimum Gasteiger partial charge on any atom is -0.341 e. The van der Waals surface area contributed by atoms with Crippen LogP contribution in [0, 0.1) is 19.8 Å². The van der Waals surface area contributed by atoms with Crippen molar-refractivity contribution in [3.63, 3.8) is 0 Å². The summed E-state index contributed by atoms with van der Waals surface area (Å²) in [6.07, 6.45) is 4.18. The summed E-state index contributed by atoms with van der Waals surface area (Å²) in [5.41, 5.74) is 4.26. The summed E-state index contributed by atoms with van der Waals surface area (Å²) >= 11 is 0. The highest BCUT2D eigenvalue weighted by molar-refractivity contribution is 5.61. The molecule has 0 bridgehead atoms. The smallest absolute Gasteiger partial charge is 0.271 e. The van der Waals surface area contributed by atoms with Gasteiger partial charge in [-0.15, -0.1) is 0 Å². The first-order valence-electron chi connectivity index (χ1n) is 9.50. The molecule has 2 aromatic heterocycles. The molecule has 0 saturated carbocycles. The lowest BCUT2D eigenvalue weighted by Crippen LogP contribution is -2.34. The lowest BCUT2D eigenvalue weighted by molar-refractivity contribution is 0.434. The first kappa shape index (κ1) is 17.5. The Morgan fingerprint density at radius 1 is 1.15 bits per heavy atom. The average molecular weight is 363 g/mol. The fraction of sp³-hybridized carbons (Fsp3) is 0.381. The Kier molecular flexibility index (Phi) is 4.56. The number of H-pyrrole nitrogens is 1. The molecule has 1 aromatic carbocycles. The predicted octanol–water partition coefficient (Wildman–Crippen LogP) is 3.48. The average Bonchev–Trinajstić information content (AvgIpc) is 3.04. The summed E-state index contributed by atoms with van der Waals surface area (Å²) < 4.78 is 1.57. The van der Waals surface area contributed by atoms with Gasteiger partial charge in [0.25, 0.3) is 5.56 Å². The first-order chi connectivity index (χ1) is 13.0. The van der Waals surface area contributed by atoms with Crippen molar-refractivity contribution < 1.29 is 0 Å². The molecule has 0 aliphatic carbocycles. The zero-order valence-corrected chi connectivity index (χ0v) is 16.1. The van der Waals surface area contributed by atoms with Crippen molar-refractivity contribution >= 4 is 5.95 Å². The van der Waals surface area contributed by atoms with Crippen molar-refractivity contribution in [2.75, 3.05) is 18.0 Å². The summed E-state index contributed by atoms with van der Waals surface area (Å²) in [4.78, 5) is 24.0. The Labute approximate surface area is 158 Å². The molecule has 1 saturated heterocycles. The first-order valence-corrected chi connectivity index (χ1v) is 9.50. The molecule has 1 fully saturated rings. The second kappa shape index (κ2) is 7.02. The molecule has 1 N–H and O–H groups in total. The molecule has 3 aromatic rings. The van der Waals surface area contributed by atoms with Gasteiger partial charge in [-0.05, 0) is 44.2 Å². The largest absolute Gasteiger partial charge is 0.341 e. The molecule has 0 spiro atoms. The number of nitrogens with zero attached hydrogens (tertiary/aromatic N) is 4. The highest BCUT2D eigenvalue weighted by Crippen LogP contribution is 2.24. The predicted molar refractivity (Wildman–Crippen MR) is 108 cm³/mol. The number of para-hydroxylation sites is 1. The Morgan fingerprint density at radius 3 is 2.59 bits per heavy atom. The molecule has 1 aliphatic heterocycles. The van der Waals surface area contributed by atoms with Crippen molar-refractivity contribution in [2.45, 2.75) is 33.6 Å². The molecule has 4 rings (SSSR count). The summed E-state index contributed by atoms with van der Waals surface area (Å²) in [5.74, 6) is 1.55. The fourth-order valence-corrected chi connectivity index (χ4v) is 3.61. The van der Waals surface area contributed by atoms with E-state index in [-0.39, 0.29) is 5.56 Å². The van der Waals surface area contributed by atoms with Gasteiger partial charge in [0.05, 0.1) is 17.1 Å². The van der Waals surface area contributed by atoms with Gasteiger partial charge in [-0.3, -0.25) is 9.89 Å². The second-order valence-corrected chi connectivity index (χ2v) is 7.47. The van der Waals surface area contributed by atoms with E-state index in [2.05, 4.69) is 21.9 Å². The van der Waals surface area contributed by atoms with Crippen LogP contribution >= 0.6 is 0 Å². The number of nitrogens with one attached hydrogen (secondary N) is 1. The number of rotatable bonds is 3. The molecule has 0 amide bonds. The molecular formula is C21H25N5O. The maximum absolute atomic E-state index is 12.5. The molecule has 27 heavy (non-hydrogen) atoms. The topological polar surface area (TPSA) is 66.8 Å². The van der Waals surface area contributed by atoms with E-state index in [0.29, 0.717) is 0 Å². The van der Waals surface area contributed by atoms with Crippen molar-refractivity contribution in [3.05, 3.63) is 58.1 Å². The van der Waals surface area contributed by atoms with Gasteiger partial charge in [-0.2, -0.15) is 0 Å². The van der Waals surface area contributed by atoms with Gasteiger partial charge in [0, 0.05) is 30.9 Å². The third-order valence-electron chi connectivity index (χ3n) is 5.40. The molecule has 6 heteroatoms. The Balaban J connectivity index is 1.66. The van der Waals surface area contributed by atoms with Crippen LogP contribution in [0.25, 0.3) is 16.9 Å². The molecular weight excluding hydrogens is 338 g/mol. The van der Waals surface area contributed by atoms with Crippen LogP contribution in [-0.4, -0.2) is 32.8 Å². The van der Waals surface area contributed by atoms with E-state index in [1.54, 1.807) is 10.7 Å². The Hall–Kier alpha value is -2.89. The number of hydrogen-bond acceptors (Lipinski definition) is 4. The van der Waals surface area contributed by atoms with Gasteiger partial charge >= 0.3 is 0 Å². The van der Waals surface area contributed by atoms with Crippen molar-refractivity contribution in [1.82, 2.24) is 19.7 Å². The quantitative estimate of drug-likeness (QED) is 0.774. The van der Waals surface area contributed by atoms with E-state index < -0.39 is 0 Å². The van der Waals surface area contributed by atoms with Crippen molar-refractivity contribution in [2.24, 2.45) is 5.92 Å². The number of aryl methyl sites for hydroxylation is 2. The zero-order chi connectivity index (χ0) is 19.0. The monoisotopic (exact) mass is 363 g/mol. The van der Waals surface area contributed by atoms with E-state index in [1.807, 2.05) is 44.3 Å². The van der Waals surface area contributed by atoms with Crippen LogP contribution in [0.3, 0.4) is 0 Å². The van der Waals surface area contributed by atoms with Crippen LogP contribution in [0.4, 0.5) is 5.95 Å². The summed E-state index contributed by atoms with van der Waals surface area (Å²) in [5, 5.41) is 3.21. The number of piperidine rings is 1. The summed E-state index contributed by atoms with van der Waals surface area (Å²) in [6.45, 7) is 8.25. The summed E-state index contributed by atoms with van der Waals surface area (Å²) in [6, 6.07) is 9.43. The number of aromatic nitrogens is 4. The highest BCUT2D eigenvalue weighted by Gasteiger charge is 2.19. The number of benzene rings is 1. The normalized spacial score (nSPS) is 15.3. The maximum Gasteiger partial charge on any atom is 0.271 e. The number of aromatic amines is 1. The third kappa shape index (κ3) is 3.39. The molecule has 0 unspecified atom stereocenters. The summed E-state index contributed by atoms with van der Waals surface area (Å²) in [7, 11) is 0. The van der Waals surface area contributed by atoms with E-state index in [4.69, 9.17) is 4.98 Å². The van der Waals surface area contributed by atoms with E-state index in [1.165, 1.54) is 12.8 Å². The Bertz CT molecular complexity index is 1010. The van der Waals surface area contributed by atoms with E-state index in [0.717, 1.165) is 53.2 Å². The standard InChI is InChI=1S/C21H25N5O/c1-14-8-10-25(11-9-14)21-22-13-17(16(3)23-21)18-12-20(27)26(24-18)19-7-5-4-6-15(19)2/h4-7,12-14,24H,8-11H2,1-3H3. The Morgan fingerprint density at radius 2 is 1.89 bits per heavy atom. The van der Waals surface area contributed by atoms with E-state index >= 15 is 0 Å². The molecule has 0 radical (unpaired) electrons. The van der Waals surface area contributed by atoms with Gasteiger partial charge in [0.2, 0.25) is 5.95 Å². The molecule has 3 heterocycles. The zero-order valence-electron chi connectivity index (χ0n) is 16.1. The van der Waals surface area contributed by atoms with Gasteiger partial charge in [-0.1, -0.05) is 25.1 Å². The van der Waals surface area contributed by atoms with Crippen LogP contribution < -0.4 is 10.5 Å². The molecule has 140 valence electrons. The van der Waals surface area contributed by atoms with Crippen molar-refractivity contribution in [3.8, 4) is 16.9 Å². The maximum atomic E-state index is 12.5. The molecule has 1 aliphatic rings. The van der Waals surface area contributed by atoms with Crippen LogP contribution in [0.15, 0.2) is 41.3 Å². The van der Waals surface area contributed by atoms with Gasteiger partial charge in [0.1, 0.15) is 0 Å². The number of anilines is 1. The molecule has 0 atom stereocenters. The van der Waals surface area contributed by atoms with Crippen LogP contribution in [0.2, 0.25) is 0 Å². The minimum absolute atomic E-state index is 0.0900. The molecule has 6 nitrogen and oxygen atoms in total. The van der Waals surface area contributed by atoms with Gasteiger partial charge < -0.3 is 4.90 Å². The van der Waals surface area contributed by atoms with Crippen LogP contribution in [0.1, 0.15) is 31.0 Å². The lowest BCUT2D eigenvalue weighted by atomic mass is 10.00. The van der Waals surface area contributed by atoms with Crippen LogP contribution in [0.5, 0.6) is 0 Å². The van der Waals surface area contributed by atoms with Crippen molar-refractivity contribution in [1.29, 1.82) is 0 Å². The van der Waals surface area contributed by atoms with E-state index in [9.17, 15) is 4.79 Å². The lowest BCUT2D eigenvalue weighted by Gasteiger charge is -2.30. The van der Waals surface area contributed by atoms with Crippen LogP contribution in [-0.2, 0) is 0 Å².